The molecular weight excluding hydrogens is 344 g/mol. The number of amides is 2. The molecule has 1 heterocycles. The molecule has 0 aromatic heterocycles. The van der Waals surface area contributed by atoms with Crippen molar-refractivity contribution in [3.8, 4) is 11.5 Å². The zero-order valence-corrected chi connectivity index (χ0v) is 16.3. The smallest absolute Gasteiger partial charge is 0.256 e. The van der Waals surface area contributed by atoms with Gasteiger partial charge in [-0.05, 0) is 44.0 Å². The lowest BCUT2D eigenvalue weighted by Crippen LogP contribution is -2.35. The van der Waals surface area contributed by atoms with Crippen molar-refractivity contribution in [1.29, 1.82) is 0 Å². The SMILES string of the molecule is COc1ccc(N2C(=O)CC(Nc3c(C)cc(C)cc3C)C2=O)c(OC)c1. The average molecular weight is 368 g/mol. The largest absolute Gasteiger partial charge is 0.497 e. The number of aryl methyl sites for hydroxylation is 3. The molecule has 2 aromatic carbocycles. The highest BCUT2D eigenvalue weighted by atomic mass is 16.5. The molecule has 1 atom stereocenters. The number of rotatable bonds is 5. The van der Waals surface area contributed by atoms with Crippen LogP contribution in [0.4, 0.5) is 11.4 Å². The van der Waals surface area contributed by atoms with Gasteiger partial charge in [0.1, 0.15) is 17.5 Å². The van der Waals surface area contributed by atoms with Crippen LogP contribution in [0.15, 0.2) is 30.3 Å². The number of methoxy groups -OCH3 is 2. The van der Waals surface area contributed by atoms with Gasteiger partial charge < -0.3 is 14.8 Å². The summed E-state index contributed by atoms with van der Waals surface area (Å²) in [5.41, 5.74) is 4.58. The summed E-state index contributed by atoms with van der Waals surface area (Å²) >= 11 is 0. The van der Waals surface area contributed by atoms with E-state index in [0.29, 0.717) is 17.2 Å². The van der Waals surface area contributed by atoms with Crippen LogP contribution in [0.3, 0.4) is 0 Å². The molecule has 0 saturated carbocycles. The summed E-state index contributed by atoms with van der Waals surface area (Å²) in [4.78, 5) is 26.8. The van der Waals surface area contributed by atoms with Gasteiger partial charge in [0.15, 0.2) is 0 Å². The topological polar surface area (TPSA) is 67.9 Å². The third-order valence-electron chi connectivity index (χ3n) is 4.77. The molecule has 1 unspecified atom stereocenters. The van der Waals surface area contributed by atoms with Gasteiger partial charge in [-0.15, -0.1) is 0 Å². The lowest BCUT2D eigenvalue weighted by atomic mass is 10.0. The zero-order valence-electron chi connectivity index (χ0n) is 16.3. The minimum Gasteiger partial charge on any atom is -0.497 e. The van der Waals surface area contributed by atoms with Crippen molar-refractivity contribution < 1.29 is 19.1 Å². The Labute approximate surface area is 159 Å². The van der Waals surface area contributed by atoms with Crippen LogP contribution in [0.1, 0.15) is 23.1 Å². The van der Waals surface area contributed by atoms with Crippen LogP contribution in [-0.4, -0.2) is 32.1 Å². The maximum absolute atomic E-state index is 13.0. The number of imide groups is 1. The maximum atomic E-state index is 13.0. The Hall–Kier alpha value is -3.02. The second kappa shape index (κ2) is 7.31. The van der Waals surface area contributed by atoms with Crippen molar-refractivity contribution in [2.24, 2.45) is 0 Å². The Morgan fingerprint density at radius 3 is 2.26 bits per heavy atom. The Bertz CT molecular complexity index is 884. The van der Waals surface area contributed by atoms with E-state index >= 15 is 0 Å². The highest BCUT2D eigenvalue weighted by molar-refractivity contribution is 6.23. The predicted molar refractivity (Wildman–Crippen MR) is 105 cm³/mol. The van der Waals surface area contributed by atoms with Crippen molar-refractivity contribution >= 4 is 23.2 Å². The van der Waals surface area contributed by atoms with E-state index in [9.17, 15) is 9.59 Å². The fraction of sp³-hybridized carbons (Fsp3) is 0.333. The predicted octanol–water partition coefficient (Wildman–Crippen LogP) is 3.37. The van der Waals surface area contributed by atoms with E-state index in [-0.39, 0.29) is 18.2 Å². The highest BCUT2D eigenvalue weighted by Crippen LogP contribution is 2.36. The van der Waals surface area contributed by atoms with E-state index < -0.39 is 6.04 Å². The maximum Gasteiger partial charge on any atom is 0.256 e. The first kappa shape index (κ1) is 18.8. The lowest BCUT2D eigenvalue weighted by molar-refractivity contribution is -0.121. The average Bonchev–Trinajstić information content (AvgIpc) is 2.91. The molecule has 6 nitrogen and oxygen atoms in total. The number of nitrogens with one attached hydrogen (secondary N) is 1. The van der Waals surface area contributed by atoms with Gasteiger partial charge in [0.25, 0.3) is 5.91 Å². The third-order valence-corrected chi connectivity index (χ3v) is 4.77. The van der Waals surface area contributed by atoms with Crippen LogP contribution in [0.5, 0.6) is 11.5 Å². The molecular formula is C21H24N2O4. The van der Waals surface area contributed by atoms with Crippen molar-refractivity contribution in [3.63, 3.8) is 0 Å². The summed E-state index contributed by atoms with van der Waals surface area (Å²) in [6.07, 6.45) is 0.0980. The first-order chi connectivity index (χ1) is 12.8. The van der Waals surface area contributed by atoms with E-state index in [1.807, 2.05) is 20.8 Å². The minimum atomic E-state index is -0.607. The molecule has 142 valence electrons. The first-order valence-electron chi connectivity index (χ1n) is 8.79. The van der Waals surface area contributed by atoms with Crippen molar-refractivity contribution in [1.82, 2.24) is 0 Å². The van der Waals surface area contributed by atoms with E-state index in [4.69, 9.17) is 9.47 Å². The van der Waals surface area contributed by atoms with E-state index in [0.717, 1.165) is 22.4 Å². The number of carbonyl (C=O) groups is 2. The summed E-state index contributed by atoms with van der Waals surface area (Å²) in [6, 6.07) is 8.53. The molecule has 1 fully saturated rings. The first-order valence-corrected chi connectivity index (χ1v) is 8.79. The van der Waals surface area contributed by atoms with Crippen LogP contribution in [-0.2, 0) is 9.59 Å². The van der Waals surface area contributed by atoms with E-state index in [2.05, 4.69) is 17.4 Å². The summed E-state index contributed by atoms with van der Waals surface area (Å²) in [7, 11) is 3.05. The molecule has 27 heavy (non-hydrogen) atoms. The normalized spacial score (nSPS) is 16.6. The zero-order chi connectivity index (χ0) is 19.7. The van der Waals surface area contributed by atoms with E-state index in [1.54, 1.807) is 25.3 Å². The Kier molecular flexibility index (Phi) is 5.08. The second-order valence-electron chi connectivity index (χ2n) is 6.78. The molecule has 1 aliphatic rings. The summed E-state index contributed by atoms with van der Waals surface area (Å²) in [6.45, 7) is 6.02. The Morgan fingerprint density at radius 1 is 1.00 bits per heavy atom. The number of benzene rings is 2. The monoisotopic (exact) mass is 368 g/mol. The fourth-order valence-corrected chi connectivity index (χ4v) is 3.55. The van der Waals surface area contributed by atoms with Gasteiger partial charge in [0, 0.05) is 11.8 Å². The van der Waals surface area contributed by atoms with Gasteiger partial charge in [-0.25, -0.2) is 4.90 Å². The Balaban J connectivity index is 1.90. The number of nitrogens with zero attached hydrogens (tertiary/aromatic N) is 1. The van der Waals surface area contributed by atoms with Crippen LogP contribution < -0.4 is 19.7 Å². The molecule has 1 aliphatic heterocycles. The molecule has 0 spiro atoms. The van der Waals surface area contributed by atoms with Crippen LogP contribution in [0.25, 0.3) is 0 Å². The number of anilines is 2. The highest BCUT2D eigenvalue weighted by Gasteiger charge is 2.41. The molecule has 6 heteroatoms. The molecule has 0 radical (unpaired) electrons. The van der Waals surface area contributed by atoms with Crippen LogP contribution in [0.2, 0.25) is 0 Å². The second-order valence-corrected chi connectivity index (χ2v) is 6.78. The van der Waals surface area contributed by atoms with Gasteiger partial charge in [-0.2, -0.15) is 0 Å². The standard InChI is InChI=1S/C21H24N2O4/c1-12-8-13(2)20(14(3)9-12)22-16-11-19(24)23(21(16)25)17-7-6-15(26-4)10-18(17)27-5/h6-10,16,22H,11H2,1-5H3. The molecule has 1 saturated heterocycles. The van der Waals surface area contributed by atoms with Crippen molar-refractivity contribution in [3.05, 3.63) is 47.0 Å². The molecule has 2 aromatic rings. The molecule has 0 bridgehead atoms. The van der Waals surface area contributed by atoms with Gasteiger partial charge >= 0.3 is 0 Å². The minimum absolute atomic E-state index is 0.0980. The molecule has 3 rings (SSSR count). The van der Waals surface area contributed by atoms with Crippen molar-refractivity contribution in [2.45, 2.75) is 33.2 Å². The lowest BCUT2D eigenvalue weighted by Gasteiger charge is -2.20. The Morgan fingerprint density at radius 2 is 1.67 bits per heavy atom. The van der Waals surface area contributed by atoms with Gasteiger partial charge in [0.05, 0.1) is 26.3 Å². The number of carbonyl (C=O) groups excluding carboxylic acids is 2. The number of hydrogen-bond donors (Lipinski definition) is 1. The van der Waals surface area contributed by atoms with Gasteiger partial charge in [-0.1, -0.05) is 17.7 Å². The van der Waals surface area contributed by atoms with E-state index in [1.165, 1.54) is 12.0 Å². The number of ether oxygens (including phenoxy) is 2. The molecule has 0 aliphatic carbocycles. The third kappa shape index (κ3) is 3.47. The number of hydrogen-bond acceptors (Lipinski definition) is 5. The van der Waals surface area contributed by atoms with Gasteiger partial charge in [-0.3, -0.25) is 9.59 Å². The quantitative estimate of drug-likeness (QED) is 0.820. The van der Waals surface area contributed by atoms with Crippen LogP contribution in [0, 0.1) is 20.8 Å². The fourth-order valence-electron chi connectivity index (χ4n) is 3.55. The van der Waals surface area contributed by atoms with Crippen LogP contribution >= 0.6 is 0 Å². The summed E-state index contributed by atoms with van der Waals surface area (Å²) < 4.78 is 10.5. The molecule has 1 N–H and O–H groups in total. The van der Waals surface area contributed by atoms with Gasteiger partial charge in [0.2, 0.25) is 5.91 Å². The van der Waals surface area contributed by atoms with Crippen molar-refractivity contribution in [2.75, 3.05) is 24.4 Å². The summed E-state index contributed by atoms with van der Waals surface area (Å²) in [5.74, 6) is 0.459. The summed E-state index contributed by atoms with van der Waals surface area (Å²) in [5, 5.41) is 3.27. The molecule has 2 amide bonds.